The average molecular weight is 1360 g/mol. The molecule has 0 aliphatic rings. The van der Waals surface area contributed by atoms with Crippen LogP contribution in [0.2, 0.25) is 0 Å². The second kappa shape index (κ2) is 29.5. The Kier molecular flexibility index (Phi) is 24.6. The molecule has 0 amide bonds. The molecule has 0 unspecified atom stereocenters. The van der Waals surface area contributed by atoms with Crippen molar-refractivity contribution in [2.45, 2.75) is 279 Å². The topological polar surface area (TPSA) is 79.8 Å². The number of rotatable bonds is 27. The molecule has 0 saturated carbocycles. The van der Waals surface area contributed by atoms with Crippen molar-refractivity contribution in [3.05, 3.63) is 179 Å². The first-order chi connectivity index (χ1) is 43.1. The molecule has 11 heteroatoms. The standard InChI is InChI=1S/C84H129N2O6P3/c1-73(2,3)55-79(19,20)61-31-43-67(44-32-61)87-93(88-68-45-33-62(34-46-68)80(21,22)56-74(4,5)6)85-95(91-71-51-39-65(40-52-71)83(27,28)59-77(13,14)15,92-72-53-41-66(42-54-72)84(29,30)60-78(16,17)18)86-94(89-69-47-35-63(36-48-69)81(23,24)57-75(7,8)9)90-70-49-37-64(38-50-70)82(25,26)58-76(10,11)12/h31-54,85,94-95H,55-60H2,1-30H3. The molecular weight excluding hydrogens is 1230 g/mol. The van der Waals surface area contributed by atoms with Crippen molar-refractivity contribution in [2.24, 2.45) is 37.0 Å². The van der Waals surface area contributed by atoms with Gasteiger partial charge in [-0.3, -0.25) is 0 Å². The summed E-state index contributed by atoms with van der Waals surface area (Å²) in [6.45, 7) is 69.2. The van der Waals surface area contributed by atoms with Crippen LogP contribution >= 0.6 is 24.7 Å². The molecular formula is C84H129N2O6P3. The number of nitrogens with zero attached hydrogens (tertiary/aromatic N) is 1. The van der Waals surface area contributed by atoms with Crippen molar-refractivity contribution in [3.8, 4) is 34.5 Å². The molecule has 0 spiro atoms. The van der Waals surface area contributed by atoms with E-state index in [2.05, 4.69) is 310 Å². The maximum absolute atomic E-state index is 7.65. The van der Waals surface area contributed by atoms with Crippen LogP contribution in [0, 0.1) is 32.5 Å². The van der Waals surface area contributed by atoms with Crippen molar-refractivity contribution in [1.29, 1.82) is 0 Å². The van der Waals surface area contributed by atoms with Crippen LogP contribution in [-0.4, -0.2) is 0 Å². The first-order valence-electron chi connectivity index (χ1n) is 35.0. The summed E-state index contributed by atoms with van der Waals surface area (Å²) in [7, 11) is -9.66. The van der Waals surface area contributed by atoms with E-state index < -0.39 is 24.7 Å². The van der Waals surface area contributed by atoms with Gasteiger partial charge in [0.15, 0.2) is 0 Å². The van der Waals surface area contributed by atoms with Crippen LogP contribution in [0.5, 0.6) is 34.5 Å². The molecule has 526 valence electrons. The fourth-order valence-electron chi connectivity index (χ4n) is 15.6. The number of hydrogen-bond acceptors (Lipinski definition) is 8. The zero-order chi connectivity index (χ0) is 71.5. The third kappa shape index (κ3) is 25.4. The number of nitrogens with one attached hydrogen (secondary N) is 1. The van der Waals surface area contributed by atoms with Gasteiger partial charge in [0, 0.05) is 0 Å². The van der Waals surface area contributed by atoms with E-state index in [4.69, 9.17) is 31.7 Å². The molecule has 0 saturated heterocycles. The van der Waals surface area contributed by atoms with Gasteiger partial charge in [-0.15, -0.1) is 0 Å². The SMILES string of the molecule is CC(C)(C)CC(C)(C)c1ccc(OP(N[PH](N=[PH](Oc2ccc(C(C)(C)CC(C)(C)C)cc2)Oc2ccc(C(C)(C)CC(C)(C)C)cc2)(Oc2ccc(C(C)(C)CC(C)(C)C)cc2)Oc2ccc(C(C)(C)CC(C)(C)C)cc2)Oc2ccc(C(C)(C)CC(C)(C)C)cc2)cc1. The third-order valence-electron chi connectivity index (χ3n) is 17.4. The van der Waals surface area contributed by atoms with Crippen LogP contribution in [0.15, 0.2) is 150 Å². The van der Waals surface area contributed by atoms with E-state index in [-0.39, 0.29) is 65.0 Å². The molecule has 0 aromatic heterocycles. The fraction of sp³-hybridized carbons (Fsp3) is 0.571. The second-order valence-corrected chi connectivity index (χ2v) is 44.0. The zero-order valence-corrected chi connectivity index (χ0v) is 67.8. The fourth-order valence-corrected chi connectivity index (χ4v) is 21.9. The molecule has 1 N–H and O–H groups in total. The van der Waals surface area contributed by atoms with E-state index in [1.165, 1.54) is 33.4 Å². The van der Waals surface area contributed by atoms with Crippen LogP contribution < -0.4 is 32.0 Å². The van der Waals surface area contributed by atoms with Gasteiger partial charge in [-0.05, 0) is 0 Å². The first kappa shape index (κ1) is 79.2. The predicted octanol–water partition coefficient (Wildman–Crippen LogP) is 27.2. The van der Waals surface area contributed by atoms with Gasteiger partial charge in [0.1, 0.15) is 0 Å². The van der Waals surface area contributed by atoms with Crippen molar-refractivity contribution in [2.75, 3.05) is 0 Å². The van der Waals surface area contributed by atoms with E-state index in [9.17, 15) is 0 Å². The van der Waals surface area contributed by atoms with Crippen molar-refractivity contribution in [1.82, 2.24) is 4.86 Å². The van der Waals surface area contributed by atoms with Gasteiger partial charge < -0.3 is 0 Å². The Labute approximate surface area is 582 Å². The summed E-state index contributed by atoms with van der Waals surface area (Å²) in [5.41, 5.74) is 7.31. The van der Waals surface area contributed by atoms with Crippen LogP contribution in [0.4, 0.5) is 0 Å². The van der Waals surface area contributed by atoms with Crippen LogP contribution in [-0.2, 0) is 32.5 Å². The van der Waals surface area contributed by atoms with Gasteiger partial charge in [0.2, 0.25) is 0 Å². The van der Waals surface area contributed by atoms with E-state index in [1.807, 2.05) is 48.5 Å². The van der Waals surface area contributed by atoms with Crippen molar-refractivity contribution in [3.63, 3.8) is 0 Å². The summed E-state index contributed by atoms with van der Waals surface area (Å²) >= 11 is 0. The zero-order valence-electron chi connectivity index (χ0n) is 64.9. The van der Waals surface area contributed by atoms with Gasteiger partial charge in [-0.2, -0.15) is 0 Å². The number of hydrogen-bond donors (Lipinski definition) is 1. The quantitative estimate of drug-likeness (QED) is 0.0515. The Hall–Kier alpha value is -4.83. The van der Waals surface area contributed by atoms with Gasteiger partial charge in [0.05, 0.1) is 0 Å². The molecule has 0 aliphatic heterocycles. The van der Waals surface area contributed by atoms with Gasteiger partial charge in [-0.25, -0.2) is 0 Å². The summed E-state index contributed by atoms with van der Waals surface area (Å²) in [6.07, 6.45) is 5.97. The average Bonchev–Trinajstić information content (AvgIpc) is 0.796. The molecule has 0 fully saturated rings. The Morgan fingerprint density at radius 2 is 0.453 bits per heavy atom. The maximum atomic E-state index is 7.65. The monoisotopic (exact) mass is 1350 g/mol. The van der Waals surface area contributed by atoms with E-state index in [0.29, 0.717) is 34.5 Å². The van der Waals surface area contributed by atoms with Crippen LogP contribution in [0.1, 0.15) is 280 Å². The van der Waals surface area contributed by atoms with Crippen LogP contribution in [0.25, 0.3) is 0 Å². The van der Waals surface area contributed by atoms with E-state index >= 15 is 0 Å². The molecule has 6 rings (SSSR count). The molecule has 0 radical (unpaired) electrons. The third-order valence-corrected chi connectivity index (χ3v) is 23.8. The van der Waals surface area contributed by atoms with E-state index in [1.54, 1.807) is 0 Å². The van der Waals surface area contributed by atoms with Gasteiger partial charge in [-0.1, -0.05) is 0 Å². The molecule has 0 atom stereocenters. The van der Waals surface area contributed by atoms with E-state index in [0.717, 1.165) is 38.5 Å². The summed E-state index contributed by atoms with van der Waals surface area (Å²) in [6, 6.07) is 50.8. The molecule has 0 aliphatic carbocycles. The normalized spacial score (nSPS) is 14.0. The second-order valence-electron chi connectivity index (χ2n) is 38.8. The van der Waals surface area contributed by atoms with Crippen molar-refractivity contribution < 1.29 is 27.1 Å². The minimum atomic E-state index is -4.54. The molecule has 0 heterocycles. The minimum absolute atomic E-state index is 0.0965. The number of benzene rings is 6. The van der Waals surface area contributed by atoms with Gasteiger partial charge in [0.25, 0.3) is 0 Å². The summed E-state index contributed by atoms with van der Waals surface area (Å²) in [5.74, 6) is 3.55. The Bertz CT molecular complexity index is 3210. The Balaban J connectivity index is 1.67. The Morgan fingerprint density at radius 3 is 0.642 bits per heavy atom. The summed E-state index contributed by atoms with van der Waals surface area (Å²) in [5, 5.41) is 0. The Morgan fingerprint density at radius 1 is 0.274 bits per heavy atom. The van der Waals surface area contributed by atoms with Crippen LogP contribution in [0.3, 0.4) is 0 Å². The molecule has 0 bridgehead atoms. The molecule has 6 aromatic carbocycles. The first-order valence-corrected chi connectivity index (χ1v) is 39.2. The predicted molar refractivity (Wildman–Crippen MR) is 414 cm³/mol. The molecule has 95 heavy (non-hydrogen) atoms. The summed E-state index contributed by atoms with van der Waals surface area (Å²) in [4.78, 5) is 3.88. The van der Waals surface area contributed by atoms with Crippen molar-refractivity contribution >= 4 is 24.7 Å². The van der Waals surface area contributed by atoms with Gasteiger partial charge >= 0.3 is 586 Å². The molecule has 8 nitrogen and oxygen atoms in total. The summed E-state index contributed by atoms with van der Waals surface area (Å²) < 4.78 is 50.2. The molecule has 6 aromatic rings.